The Balaban J connectivity index is 1.70. The Hall–Kier alpha value is -2.48. The van der Waals surface area contributed by atoms with Crippen LogP contribution in [0.3, 0.4) is 0 Å². The summed E-state index contributed by atoms with van der Waals surface area (Å²) in [5, 5.41) is 11.5. The lowest BCUT2D eigenvalue weighted by molar-refractivity contribution is -0.207. The second kappa shape index (κ2) is 8.04. The number of nitrogen functional groups attached to an aromatic ring is 1. The molecule has 4 rings (SSSR count). The number of carbonyl (C=O) groups excluding carboxylic acids is 2. The first-order valence-corrected chi connectivity index (χ1v) is 12.1. The number of ether oxygens (including phenoxy) is 2. The molecule has 1 aromatic rings. The van der Waals surface area contributed by atoms with E-state index in [0.29, 0.717) is 12.8 Å². The Morgan fingerprint density at radius 3 is 2.50 bits per heavy atom. The summed E-state index contributed by atoms with van der Waals surface area (Å²) in [6, 6.07) is 0. The third-order valence-corrected chi connectivity index (χ3v) is 9.81. The minimum atomic E-state index is -0.859. The van der Waals surface area contributed by atoms with Crippen molar-refractivity contribution in [3.8, 4) is 5.75 Å². The van der Waals surface area contributed by atoms with Gasteiger partial charge in [0, 0.05) is 23.2 Å². The summed E-state index contributed by atoms with van der Waals surface area (Å²) >= 11 is 0. The van der Waals surface area contributed by atoms with Gasteiger partial charge in [0.25, 0.3) is 10.9 Å². The molecule has 0 radical (unpaired) electrons. The first kappa shape index (κ1) is 24.6. The molecule has 0 aliphatic heterocycles. The molecule has 34 heavy (non-hydrogen) atoms. The van der Waals surface area contributed by atoms with Gasteiger partial charge >= 0.3 is 5.97 Å². The molecule has 8 heteroatoms. The average molecular weight is 474 g/mol. The fourth-order valence-corrected chi connectivity index (χ4v) is 7.36. The third kappa shape index (κ3) is 3.21. The van der Waals surface area contributed by atoms with Crippen LogP contribution in [0.4, 0.5) is 5.69 Å². The molecule has 8 nitrogen and oxygen atoms in total. The standard InChI is InChI=1S/C26H35NO7/c1-6-24(4)11-16(34-17(29)12-33-21-18(27)19(30)20(21)31)25(5)13(2)7-9-26(14(3)23(24)32)10-8-15(28)22(25)26/h6,13-14,16,22-23,32H,1,7-12,27H2,2-5H3/t13-,14+,16-,22+,23+,24-,25+,26+/m1/s1. The van der Waals surface area contributed by atoms with Crippen molar-refractivity contribution in [3.05, 3.63) is 33.1 Å². The highest BCUT2D eigenvalue weighted by Crippen LogP contribution is 2.67. The minimum absolute atomic E-state index is 0.104. The average Bonchev–Trinajstić information content (AvgIpc) is 3.17. The molecule has 3 aliphatic carbocycles. The van der Waals surface area contributed by atoms with Gasteiger partial charge in [-0.3, -0.25) is 14.4 Å². The van der Waals surface area contributed by atoms with Crippen LogP contribution in [-0.4, -0.2) is 35.7 Å². The highest BCUT2D eigenvalue weighted by molar-refractivity contribution is 5.85. The van der Waals surface area contributed by atoms with Crippen molar-refractivity contribution in [2.45, 2.75) is 72.0 Å². The maximum atomic E-state index is 13.4. The van der Waals surface area contributed by atoms with Gasteiger partial charge in [0.15, 0.2) is 12.4 Å². The fraction of sp³-hybridized carbons (Fsp3) is 0.692. The summed E-state index contributed by atoms with van der Waals surface area (Å²) < 4.78 is 11.2. The number of Topliss-reactive ketones (excluding diaryl/α,β-unsaturated/α-hetero) is 1. The smallest absolute Gasteiger partial charge is 0.344 e. The van der Waals surface area contributed by atoms with E-state index >= 15 is 0 Å². The zero-order valence-corrected chi connectivity index (χ0v) is 20.4. The van der Waals surface area contributed by atoms with Gasteiger partial charge in [-0.05, 0) is 42.9 Å². The topological polar surface area (TPSA) is 133 Å². The number of hydrogen-bond donors (Lipinski definition) is 2. The molecule has 186 valence electrons. The van der Waals surface area contributed by atoms with Gasteiger partial charge in [0.1, 0.15) is 17.6 Å². The van der Waals surface area contributed by atoms with Crippen LogP contribution in [0.15, 0.2) is 22.2 Å². The van der Waals surface area contributed by atoms with Crippen molar-refractivity contribution < 1.29 is 24.2 Å². The Labute approximate surface area is 199 Å². The molecule has 0 spiro atoms. The summed E-state index contributed by atoms with van der Waals surface area (Å²) in [7, 11) is 0. The number of hydrogen-bond acceptors (Lipinski definition) is 8. The van der Waals surface area contributed by atoms with E-state index in [2.05, 4.69) is 13.5 Å². The Kier molecular flexibility index (Phi) is 5.83. The zero-order chi connectivity index (χ0) is 25.2. The molecule has 2 bridgehead atoms. The number of aliphatic hydroxyl groups excluding tert-OH is 1. The van der Waals surface area contributed by atoms with Gasteiger partial charge in [-0.25, -0.2) is 4.79 Å². The van der Waals surface area contributed by atoms with Crippen molar-refractivity contribution in [1.82, 2.24) is 0 Å². The van der Waals surface area contributed by atoms with Gasteiger partial charge in [-0.1, -0.05) is 33.8 Å². The van der Waals surface area contributed by atoms with E-state index in [1.54, 1.807) is 6.08 Å². The van der Waals surface area contributed by atoms with Crippen LogP contribution in [0.25, 0.3) is 0 Å². The molecule has 3 fully saturated rings. The van der Waals surface area contributed by atoms with Crippen LogP contribution in [0, 0.1) is 34.0 Å². The molecule has 3 N–H and O–H groups in total. The van der Waals surface area contributed by atoms with E-state index in [9.17, 15) is 24.3 Å². The Morgan fingerprint density at radius 1 is 1.21 bits per heavy atom. The SMILES string of the molecule is C=C[C@]1(C)C[C@@H](OC(=O)COc2c(N)c(=O)c2=O)[C@]2(C)[C@H](C)CC[C@]3(CCC(=O)[C@H]32)[C@@H](C)[C@@H]1O. The van der Waals surface area contributed by atoms with Crippen LogP contribution in [0.1, 0.15) is 59.8 Å². The first-order chi connectivity index (χ1) is 15.8. The van der Waals surface area contributed by atoms with Crippen LogP contribution >= 0.6 is 0 Å². The minimum Gasteiger partial charge on any atom is -0.475 e. The lowest BCUT2D eigenvalue weighted by Crippen LogP contribution is -2.63. The number of anilines is 1. The molecule has 3 aliphatic rings. The van der Waals surface area contributed by atoms with E-state index in [4.69, 9.17) is 15.2 Å². The predicted molar refractivity (Wildman–Crippen MR) is 126 cm³/mol. The zero-order valence-electron chi connectivity index (χ0n) is 20.4. The molecular formula is C26H35NO7. The van der Waals surface area contributed by atoms with Crippen molar-refractivity contribution >= 4 is 17.4 Å². The van der Waals surface area contributed by atoms with E-state index in [1.165, 1.54) is 0 Å². The van der Waals surface area contributed by atoms with E-state index < -0.39 is 46.5 Å². The van der Waals surface area contributed by atoms with Crippen LogP contribution in [-0.2, 0) is 14.3 Å². The van der Waals surface area contributed by atoms with E-state index in [1.807, 2.05) is 20.8 Å². The predicted octanol–water partition coefficient (Wildman–Crippen LogP) is 2.15. The largest absolute Gasteiger partial charge is 0.475 e. The summed E-state index contributed by atoms with van der Waals surface area (Å²) in [5.74, 6) is -1.21. The molecule has 0 heterocycles. The third-order valence-electron chi connectivity index (χ3n) is 9.81. The van der Waals surface area contributed by atoms with Crippen LogP contribution in [0.2, 0.25) is 0 Å². The molecule has 0 amide bonds. The van der Waals surface area contributed by atoms with Crippen molar-refractivity contribution in [2.24, 2.45) is 34.0 Å². The Bertz CT molecular complexity index is 1100. The summed E-state index contributed by atoms with van der Waals surface area (Å²) in [5.41, 5.74) is 1.76. The molecular weight excluding hydrogens is 438 g/mol. The van der Waals surface area contributed by atoms with Gasteiger partial charge in [-0.2, -0.15) is 0 Å². The van der Waals surface area contributed by atoms with Crippen LogP contribution in [0.5, 0.6) is 5.75 Å². The molecule has 8 atom stereocenters. The van der Waals surface area contributed by atoms with E-state index in [0.717, 1.165) is 19.3 Å². The summed E-state index contributed by atoms with van der Waals surface area (Å²) in [4.78, 5) is 49.2. The lowest BCUT2D eigenvalue weighted by Gasteiger charge is -2.61. The monoisotopic (exact) mass is 473 g/mol. The summed E-state index contributed by atoms with van der Waals surface area (Å²) in [6.45, 7) is 11.5. The van der Waals surface area contributed by atoms with Crippen molar-refractivity contribution in [1.29, 1.82) is 0 Å². The highest BCUT2D eigenvalue weighted by Gasteiger charge is 2.68. The maximum Gasteiger partial charge on any atom is 0.344 e. The lowest BCUT2D eigenvalue weighted by atomic mass is 9.44. The second-order valence-electron chi connectivity index (χ2n) is 11.3. The maximum absolute atomic E-state index is 13.4. The van der Waals surface area contributed by atoms with Gasteiger partial charge in [-0.15, -0.1) is 6.58 Å². The summed E-state index contributed by atoms with van der Waals surface area (Å²) in [6.07, 6.45) is 3.49. The van der Waals surface area contributed by atoms with Crippen molar-refractivity contribution in [3.63, 3.8) is 0 Å². The van der Waals surface area contributed by atoms with Crippen molar-refractivity contribution in [2.75, 3.05) is 12.3 Å². The van der Waals surface area contributed by atoms with Crippen LogP contribution < -0.4 is 21.3 Å². The second-order valence-corrected chi connectivity index (χ2v) is 11.3. The normalized spacial score (nSPS) is 41.9. The number of rotatable bonds is 5. The number of nitrogens with two attached hydrogens (primary N) is 1. The molecule has 0 aromatic heterocycles. The first-order valence-electron chi connectivity index (χ1n) is 12.1. The quantitative estimate of drug-likeness (QED) is 0.378. The number of aliphatic hydroxyl groups is 1. The highest BCUT2D eigenvalue weighted by atomic mass is 16.6. The number of ketones is 1. The number of esters is 1. The molecule has 0 unspecified atom stereocenters. The fourth-order valence-electron chi connectivity index (χ4n) is 7.36. The Morgan fingerprint density at radius 2 is 1.88 bits per heavy atom. The number of carbonyl (C=O) groups is 2. The van der Waals surface area contributed by atoms with Gasteiger partial charge < -0.3 is 20.3 Å². The molecule has 1 aromatic carbocycles. The molecule has 0 saturated heterocycles. The van der Waals surface area contributed by atoms with E-state index in [-0.39, 0.29) is 40.4 Å². The molecule has 3 saturated carbocycles. The van der Waals surface area contributed by atoms with Gasteiger partial charge in [0.05, 0.1) is 6.10 Å². The van der Waals surface area contributed by atoms with Gasteiger partial charge in [0.2, 0.25) is 0 Å².